The highest BCUT2D eigenvalue weighted by atomic mass is 16.5. The van der Waals surface area contributed by atoms with Gasteiger partial charge in [-0.15, -0.1) is 0 Å². The molecule has 1 aromatic carbocycles. The molecule has 0 aliphatic carbocycles. The molecule has 110 valence electrons. The molecule has 0 N–H and O–H groups in total. The van der Waals surface area contributed by atoms with Crippen LogP contribution in [0.5, 0.6) is 11.5 Å². The van der Waals surface area contributed by atoms with Gasteiger partial charge in [0.1, 0.15) is 29.2 Å². The lowest BCUT2D eigenvalue weighted by Crippen LogP contribution is -1.96. The van der Waals surface area contributed by atoms with Gasteiger partial charge in [0.25, 0.3) is 0 Å². The zero-order valence-electron chi connectivity index (χ0n) is 12.8. The SMILES string of the molecule is CCCCCc1cc(OC)c(C=C(C#N)C#N)c(OC)c1. The third-order valence-electron chi connectivity index (χ3n) is 3.20. The van der Waals surface area contributed by atoms with E-state index in [0.29, 0.717) is 17.1 Å². The van der Waals surface area contributed by atoms with Gasteiger partial charge in [-0.3, -0.25) is 0 Å². The number of unbranched alkanes of at least 4 members (excludes halogenated alkanes) is 2. The fraction of sp³-hybridized carbons (Fsp3) is 0.412. The third-order valence-corrected chi connectivity index (χ3v) is 3.20. The Kier molecular flexibility index (Phi) is 6.84. The second-order valence-corrected chi connectivity index (χ2v) is 4.65. The Hall–Kier alpha value is -2.46. The average Bonchev–Trinajstić information content (AvgIpc) is 2.52. The number of hydrogen-bond acceptors (Lipinski definition) is 4. The number of ether oxygens (including phenoxy) is 2. The van der Waals surface area contributed by atoms with E-state index < -0.39 is 0 Å². The van der Waals surface area contributed by atoms with Gasteiger partial charge in [0.2, 0.25) is 0 Å². The molecule has 0 bridgehead atoms. The first-order valence-electron chi connectivity index (χ1n) is 6.96. The topological polar surface area (TPSA) is 66.0 Å². The molecule has 4 nitrogen and oxygen atoms in total. The minimum atomic E-state index is 0.0188. The number of aryl methyl sites for hydroxylation is 1. The fourth-order valence-corrected chi connectivity index (χ4v) is 2.09. The smallest absolute Gasteiger partial charge is 0.130 e. The van der Waals surface area contributed by atoms with Gasteiger partial charge in [-0.25, -0.2) is 0 Å². The van der Waals surface area contributed by atoms with Crippen molar-refractivity contribution in [2.45, 2.75) is 32.6 Å². The predicted molar refractivity (Wildman–Crippen MR) is 82.0 cm³/mol. The van der Waals surface area contributed by atoms with Gasteiger partial charge in [-0.1, -0.05) is 19.8 Å². The first kappa shape index (κ1) is 16.6. The summed E-state index contributed by atoms with van der Waals surface area (Å²) < 4.78 is 10.8. The number of allylic oxidation sites excluding steroid dienone is 1. The van der Waals surface area contributed by atoms with Crippen molar-refractivity contribution in [3.05, 3.63) is 28.8 Å². The summed E-state index contributed by atoms with van der Waals surface area (Å²) >= 11 is 0. The van der Waals surface area contributed by atoms with E-state index in [1.807, 2.05) is 24.3 Å². The molecule has 0 radical (unpaired) electrons. The van der Waals surface area contributed by atoms with Crippen LogP contribution in [-0.2, 0) is 6.42 Å². The Morgan fingerprint density at radius 3 is 2.10 bits per heavy atom. The monoisotopic (exact) mass is 284 g/mol. The van der Waals surface area contributed by atoms with Crippen LogP contribution in [0, 0.1) is 22.7 Å². The minimum Gasteiger partial charge on any atom is -0.496 e. The van der Waals surface area contributed by atoms with Crippen LogP contribution in [0.4, 0.5) is 0 Å². The quantitative estimate of drug-likeness (QED) is 0.563. The van der Waals surface area contributed by atoms with Crippen LogP contribution < -0.4 is 9.47 Å². The van der Waals surface area contributed by atoms with Crippen molar-refractivity contribution < 1.29 is 9.47 Å². The summed E-state index contributed by atoms with van der Waals surface area (Å²) in [5.41, 5.74) is 1.77. The molecule has 0 aliphatic rings. The highest BCUT2D eigenvalue weighted by molar-refractivity contribution is 5.71. The molecule has 0 unspecified atom stereocenters. The van der Waals surface area contributed by atoms with Crippen molar-refractivity contribution in [3.63, 3.8) is 0 Å². The van der Waals surface area contributed by atoms with Crippen LogP contribution in [0.25, 0.3) is 6.08 Å². The largest absolute Gasteiger partial charge is 0.496 e. The van der Waals surface area contributed by atoms with Crippen LogP contribution in [0.3, 0.4) is 0 Å². The molecule has 0 fully saturated rings. The number of benzene rings is 1. The second kappa shape index (κ2) is 8.66. The molecule has 1 rings (SSSR count). The number of nitrogens with zero attached hydrogens (tertiary/aromatic N) is 2. The lowest BCUT2D eigenvalue weighted by atomic mass is 10.0. The van der Waals surface area contributed by atoms with Crippen molar-refractivity contribution in [1.29, 1.82) is 10.5 Å². The van der Waals surface area contributed by atoms with Crippen molar-refractivity contribution in [1.82, 2.24) is 0 Å². The molecule has 1 aromatic rings. The predicted octanol–water partition coefficient (Wildman–Crippen LogP) is 3.87. The highest BCUT2D eigenvalue weighted by Crippen LogP contribution is 2.33. The van der Waals surface area contributed by atoms with Crippen molar-refractivity contribution in [2.75, 3.05) is 14.2 Å². The molecule has 0 atom stereocenters. The van der Waals surface area contributed by atoms with Crippen LogP contribution in [0.15, 0.2) is 17.7 Å². The molecule has 21 heavy (non-hydrogen) atoms. The Balaban J connectivity index is 3.23. The summed E-state index contributed by atoms with van der Waals surface area (Å²) in [6.07, 6.45) is 5.91. The first-order chi connectivity index (χ1) is 10.2. The maximum Gasteiger partial charge on any atom is 0.130 e. The zero-order chi connectivity index (χ0) is 15.7. The Morgan fingerprint density at radius 2 is 1.67 bits per heavy atom. The number of rotatable bonds is 7. The Labute approximate surface area is 126 Å². The summed E-state index contributed by atoms with van der Waals surface area (Å²) in [6, 6.07) is 7.58. The number of hydrogen-bond donors (Lipinski definition) is 0. The second-order valence-electron chi connectivity index (χ2n) is 4.65. The molecule has 0 aliphatic heterocycles. The van der Waals surface area contributed by atoms with E-state index in [9.17, 15) is 0 Å². The van der Waals surface area contributed by atoms with Gasteiger partial charge in [-0.2, -0.15) is 10.5 Å². The first-order valence-corrected chi connectivity index (χ1v) is 6.96. The van der Waals surface area contributed by atoms with E-state index in [4.69, 9.17) is 20.0 Å². The van der Waals surface area contributed by atoms with Gasteiger partial charge in [0.05, 0.1) is 19.8 Å². The van der Waals surface area contributed by atoms with E-state index in [1.54, 1.807) is 14.2 Å². The summed E-state index contributed by atoms with van der Waals surface area (Å²) in [7, 11) is 3.14. The third kappa shape index (κ3) is 4.54. The van der Waals surface area contributed by atoms with Gasteiger partial charge < -0.3 is 9.47 Å². The molecule has 0 saturated heterocycles. The van der Waals surface area contributed by atoms with Crippen molar-refractivity contribution >= 4 is 6.08 Å². The molecular weight excluding hydrogens is 264 g/mol. The summed E-state index contributed by atoms with van der Waals surface area (Å²) in [5.74, 6) is 1.23. The highest BCUT2D eigenvalue weighted by Gasteiger charge is 2.12. The zero-order valence-corrected chi connectivity index (χ0v) is 12.8. The van der Waals surface area contributed by atoms with Crippen molar-refractivity contribution in [2.24, 2.45) is 0 Å². The molecule has 0 amide bonds. The standard InChI is InChI=1S/C17H20N2O2/c1-4-5-6-7-13-9-16(20-2)15(17(10-13)21-3)8-14(11-18)12-19/h8-10H,4-7H2,1-3H3. The Morgan fingerprint density at radius 1 is 1.10 bits per heavy atom. The van der Waals surface area contributed by atoms with Gasteiger partial charge in [0.15, 0.2) is 0 Å². The molecule has 0 aromatic heterocycles. The van der Waals surface area contributed by atoms with E-state index in [1.165, 1.54) is 18.9 Å². The van der Waals surface area contributed by atoms with Crippen LogP contribution in [-0.4, -0.2) is 14.2 Å². The molecule has 0 spiro atoms. The van der Waals surface area contributed by atoms with Gasteiger partial charge in [0, 0.05) is 0 Å². The summed E-state index contributed by atoms with van der Waals surface area (Å²) in [5, 5.41) is 17.8. The summed E-state index contributed by atoms with van der Waals surface area (Å²) in [6.45, 7) is 2.17. The molecular formula is C17H20N2O2. The van der Waals surface area contributed by atoms with Crippen molar-refractivity contribution in [3.8, 4) is 23.6 Å². The Bertz CT molecular complexity index is 551. The van der Waals surface area contributed by atoms with E-state index in [2.05, 4.69) is 6.92 Å². The molecule has 4 heteroatoms. The molecule has 0 saturated carbocycles. The fourth-order valence-electron chi connectivity index (χ4n) is 2.09. The normalized spacial score (nSPS) is 9.38. The van der Waals surface area contributed by atoms with Crippen LogP contribution in [0.2, 0.25) is 0 Å². The maximum absolute atomic E-state index is 8.89. The minimum absolute atomic E-state index is 0.0188. The van der Waals surface area contributed by atoms with Gasteiger partial charge in [-0.05, 0) is 36.6 Å². The van der Waals surface area contributed by atoms with E-state index in [-0.39, 0.29) is 5.57 Å². The number of methoxy groups -OCH3 is 2. The number of nitriles is 2. The summed E-state index contributed by atoms with van der Waals surface area (Å²) in [4.78, 5) is 0. The molecule has 0 heterocycles. The van der Waals surface area contributed by atoms with Crippen LogP contribution in [0.1, 0.15) is 37.3 Å². The maximum atomic E-state index is 8.89. The lowest BCUT2D eigenvalue weighted by molar-refractivity contribution is 0.391. The average molecular weight is 284 g/mol. The van der Waals surface area contributed by atoms with E-state index >= 15 is 0 Å². The van der Waals surface area contributed by atoms with Gasteiger partial charge >= 0.3 is 0 Å². The van der Waals surface area contributed by atoms with E-state index in [0.717, 1.165) is 18.4 Å². The van der Waals surface area contributed by atoms with Crippen LogP contribution >= 0.6 is 0 Å². The lowest BCUT2D eigenvalue weighted by Gasteiger charge is -2.13.